The number of benzene rings is 3. The molecule has 0 bridgehead atoms. The minimum atomic E-state index is -0.215. The van der Waals surface area contributed by atoms with E-state index in [4.69, 9.17) is 0 Å². The maximum absolute atomic E-state index is 13.5. The molecule has 0 amide bonds. The summed E-state index contributed by atoms with van der Waals surface area (Å²) in [5, 5.41) is 9.72. The van der Waals surface area contributed by atoms with Crippen molar-refractivity contribution in [2.24, 2.45) is 7.05 Å². The first kappa shape index (κ1) is 10.5. The molecule has 0 aliphatic heterocycles. The Bertz CT molecular complexity index is 938. The van der Waals surface area contributed by atoms with Gasteiger partial charge >= 0.3 is 0 Å². The molecule has 0 N–H and O–H groups in total. The van der Waals surface area contributed by atoms with Crippen molar-refractivity contribution in [2.75, 3.05) is 0 Å². The lowest BCUT2D eigenvalue weighted by Gasteiger charge is -2.05. The first-order valence-corrected chi connectivity index (χ1v) is 6.17. The molecular formula is C16H11FN2. The van der Waals surface area contributed by atoms with Gasteiger partial charge in [-0.25, -0.2) is 4.39 Å². The second-order valence-electron chi connectivity index (χ2n) is 4.80. The number of hydrogen-bond acceptors (Lipinski definition) is 1. The van der Waals surface area contributed by atoms with Crippen LogP contribution in [0.1, 0.15) is 0 Å². The van der Waals surface area contributed by atoms with Gasteiger partial charge in [-0.15, -0.1) is 0 Å². The van der Waals surface area contributed by atoms with Crippen molar-refractivity contribution >= 4 is 32.4 Å². The van der Waals surface area contributed by atoms with Crippen LogP contribution in [-0.2, 0) is 7.05 Å². The Balaban J connectivity index is 2.42. The summed E-state index contributed by atoms with van der Waals surface area (Å²) in [7, 11) is 1.91. The smallest absolute Gasteiger partial charge is 0.123 e. The fourth-order valence-electron chi connectivity index (χ4n) is 2.78. The Morgan fingerprint density at radius 2 is 1.63 bits per heavy atom. The summed E-state index contributed by atoms with van der Waals surface area (Å²) < 4.78 is 15.3. The van der Waals surface area contributed by atoms with Crippen molar-refractivity contribution in [1.29, 1.82) is 0 Å². The molecule has 3 aromatic carbocycles. The minimum Gasteiger partial charge on any atom is -0.275 e. The van der Waals surface area contributed by atoms with Crippen LogP contribution in [0.4, 0.5) is 4.39 Å². The Morgan fingerprint density at radius 3 is 2.42 bits per heavy atom. The SMILES string of the molecule is Cn1cc2c3ccccc3c3cc(F)ccc3c2n1. The third-order valence-electron chi connectivity index (χ3n) is 3.57. The van der Waals surface area contributed by atoms with E-state index in [-0.39, 0.29) is 5.82 Å². The van der Waals surface area contributed by atoms with Crippen molar-refractivity contribution in [3.05, 3.63) is 54.5 Å². The van der Waals surface area contributed by atoms with E-state index >= 15 is 0 Å². The summed E-state index contributed by atoms with van der Waals surface area (Å²) in [6, 6.07) is 13.0. The van der Waals surface area contributed by atoms with Gasteiger partial charge in [0, 0.05) is 24.0 Å². The molecular weight excluding hydrogens is 239 g/mol. The molecule has 2 nitrogen and oxygen atoms in total. The lowest BCUT2D eigenvalue weighted by molar-refractivity contribution is 0.630. The monoisotopic (exact) mass is 250 g/mol. The van der Waals surface area contributed by atoms with Gasteiger partial charge in [0.2, 0.25) is 0 Å². The summed E-state index contributed by atoms with van der Waals surface area (Å²) in [6.45, 7) is 0. The molecule has 19 heavy (non-hydrogen) atoms. The van der Waals surface area contributed by atoms with Crippen LogP contribution in [0.15, 0.2) is 48.7 Å². The number of aromatic nitrogens is 2. The summed E-state index contributed by atoms with van der Waals surface area (Å²) in [5.74, 6) is -0.215. The first-order valence-electron chi connectivity index (χ1n) is 6.17. The normalized spacial score (nSPS) is 11.7. The highest BCUT2D eigenvalue weighted by molar-refractivity contribution is 6.24. The predicted octanol–water partition coefficient (Wildman–Crippen LogP) is 4.02. The second kappa shape index (κ2) is 3.54. The van der Waals surface area contributed by atoms with E-state index in [0.29, 0.717) is 0 Å². The van der Waals surface area contributed by atoms with E-state index in [1.807, 2.05) is 37.5 Å². The molecule has 0 saturated heterocycles. The zero-order valence-corrected chi connectivity index (χ0v) is 10.4. The third-order valence-corrected chi connectivity index (χ3v) is 3.57. The summed E-state index contributed by atoms with van der Waals surface area (Å²) in [6.07, 6.45) is 2.01. The van der Waals surface area contributed by atoms with Gasteiger partial charge in [-0.2, -0.15) is 5.10 Å². The first-order chi connectivity index (χ1) is 9.24. The topological polar surface area (TPSA) is 17.8 Å². The highest BCUT2D eigenvalue weighted by Gasteiger charge is 2.11. The Kier molecular flexibility index (Phi) is 1.96. The van der Waals surface area contributed by atoms with Gasteiger partial charge in [-0.1, -0.05) is 24.3 Å². The van der Waals surface area contributed by atoms with Crippen LogP contribution < -0.4 is 0 Å². The predicted molar refractivity (Wildman–Crippen MR) is 75.7 cm³/mol. The number of fused-ring (bicyclic) bond motifs is 6. The highest BCUT2D eigenvalue weighted by atomic mass is 19.1. The zero-order valence-electron chi connectivity index (χ0n) is 10.4. The van der Waals surface area contributed by atoms with Crippen molar-refractivity contribution in [1.82, 2.24) is 9.78 Å². The van der Waals surface area contributed by atoms with Crippen molar-refractivity contribution < 1.29 is 4.39 Å². The number of rotatable bonds is 0. The summed E-state index contributed by atoms with van der Waals surface area (Å²) in [5.41, 5.74) is 0.927. The molecule has 0 spiro atoms. The standard InChI is InChI=1S/C16H11FN2/c1-19-9-15-12-5-3-2-4-11(12)14-8-10(17)6-7-13(14)16(15)18-19/h2-9H,1H3. The molecule has 1 aromatic heterocycles. The van der Waals surface area contributed by atoms with Crippen LogP contribution in [0.3, 0.4) is 0 Å². The largest absolute Gasteiger partial charge is 0.275 e. The quantitative estimate of drug-likeness (QED) is 0.431. The molecule has 0 saturated carbocycles. The molecule has 4 aromatic rings. The van der Waals surface area contributed by atoms with Crippen LogP contribution in [0.2, 0.25) is 0 Å². The third kappa shape index (κ3) is 1.38. The van der Waals surface area contributed by atoms with E-state index in [1.165, 1.54) is 6.07 Å². The Labute approximate surface area is 109 Å². The average molecular weight is 250 g/mol. The summed E-state index contributed by atoms with van der Waals surface area (Å²) in [4.78, 5) is 0. The lowest BCUT2D eigenvalue weighted by Crippen LogP contribution is -1.86. The van der Waals surface area contributed by atoms with Crippen LogP contribution in [0, 0.1) is 5.82 Å². The van der Waals surface area contributed by atoms with Gasteiger partial charge < -0.3 is 0 Å². The van der Waals surface area contributed by atoms with Crippen LogP contribution in [0.5, 0.6) is 0 Å². The Morgan fingerprint density at radius 1 is 0.895 bits per heavy atom. The molecule has 0 fully saturated rings. The minimum absolute atomic E-state index is 0.215. The molecule has 0 radical (unpaired) electrons. The fraction of sp³-hybridized carbons (Fsp3) is 0.0625. The van der Waals surface area contributed by atoms with Crippen LogP contribution >= 0.6 is 0 Å². The molecule has 0 unspecified atom stereocenters. The zero-order chi connectivity index (χ0) is 13.0. The molecule has 0 aliphatic carbocycles. The van der Waals surface area contributed by atoms with Gasteiger partial charge in [-0.05, 0) is 34.4 Å². The molecule has 0 aliphatic rings. The molecule has 92 valence electrons. The van der Waals surface area contributed by atoms with E-state index in [1.54, 1.807) is 10.7 Å². The fourth-order valence-corrected chi connectivity index (χ4v) is 2.78. The van der Waals surface area contributed by atoms with Crippen LogP contribution in [0.25, 0.3) is 32.4 Å². The van der Waals surface area contributed by atoms with Crippen molar-refractivity contribution in [3.63, 3.8) is 0 Å². The van der Waals surface area contributed by atoms with E-state index in [2.05, 4.69) is 11.2 Å². The maximum Gasteiger partial charge on any atom is 0.123 e. The van der Waals surface area contributed by atoms with Crippen molar-refractivity contribution in [3.8, 4) is 0 Å². The summed E-state index contributed by atoms with van der Waals surface area (Å²) >= 11 is 0. The Hall–Kier alpha value is -2.42. The van der Waals surface area contributed by atoms with E-state index < -0.39 is 0 Å². The van der Waals surface area contributed by atoms with Gasteiger partial charge in [0.05, 0.1) is 0 Å². The van der Waals surface area contributed by atoms with E-state index in [0.717, 1.165) is 32.4 Å². The van der Waals surface area contributed by atoms with Gasteiger partial charge in [-0.3, -0.25) is 4.68 Å². The average Bonchev–Trinajstić information content (AvgIpc) is 2.81. The molecule has 0 atom stereocenters. The number of halogens is 1. The van der Waals surface area contributed by atoms with Crippen molar-refractivity contribution in [2.45, 2.75) is 0 Å². The highest BCUT2D eigenvalue weighted by Crippen LogP contribution is 2.34. The number of hydrogen-bond donors (Lipinski definition) is 0. The molecule has 1 heterocycles. The van der Waals surface area contributed by atoms with Gasteiger partial charge in [0.15, 0.2) is 0 Å². The lowest BCUT2D eigenvalue weighted by atomic mass is 9.98. The van der Waals surface area contributed by atoms with Gasteiger partial charge in [0.1, 0.15) is 11.3 Å². The van der Waals surface area contributed by atoms with E-state index in [9.17, 15) is 4.39 Å². The number of nitrogens with zero attached hydrogens (tertiary/aromatic N) is 2. The van der Waals surface area contributed by atoms with Crippen LogP contribution in [-0.4, -0.2) is 9.78 Å². The maximum atomic E-state index is 13.5. The molecule has 4 rings (SSSR count). The second-order valence-corrected chi connectivity index (χ2v) is 4.80. The van der Waals surface area contributed by atoms with Gasteiger partial charge in [0.25, 0.3) is 0 Å². The number of aryl methyl sites for hydroxylation is 1. The molecule has 3 heteroatoms.